The second-order valence-electron chi connectivity index (χ2n) is 5.85. The number of nitrogens with zero attached hydrogens (tertiary/aromatic N) is 1. The van der Waals surface area contributed by atoms with Crippen molar-refractivity contribution in [2.24, 2.45) is 5.92 Å². The Morgan fingerprint density at radius 1 is 1.45 bits per heavy atom. The highest BCUT2D eigenvalue weighted by Crippen LogP contribution is 2.13. The van der Waals surface area contributed by atoms with Crippen LogP contribution in [0.4, 0.5) is 0 Å². The number of rotatable bonds is 9. The van der Waals surface area contributed by atoms with Crippen molar-refractivity contribution in [3.63, 3.8) is 0 Å². The van der Waals surface area contributed by atoms with Crippen LogP contribution in [0.25, 0.3) is 0 Å². The molecule has 2 N–H and O–H groups in total. The summed E-state index contributed by atoms with van der Waals surface area (Å²) in [5, 5.41) is 6.38. The minimum absolute atomic E-state index is 0.0786. The molecule has 5 heteroatoms. The van der Waals surface area contributed by atoms with Crippen LogP contribution < -0.4 is 10.6 Å². The zero-order chi connectivity index (χ0) is 14.8. The van der Waals surface area contributed by atoms with Crippen LogP contribution in [-0.4, -0.2) is 63.3 Å². The molecule has 0 aliphatic carbocycles. The van der Waals surface area contributed by atoms with Crippen LogP contribution >= 0.6 is 0 Å². The van der Waals surface area contributed by atoms with Crippen LogP contribution in [-0.2, 0) is 9.53 Å². The molecule has 0 spiro atoms. The van der Waals surface area contributed by atoms with E-state index in [-0.39, 0.29) is 11.9 Å². The number of piperidine rings is 1. The van der Waals surface area contributed by atoms with E-state index in [1.165, 1.54) is 12.8 Å². The molecule has 118 valence electrons. The molecule has 1 rings (SSSR count). The molecular formula is C15H31N3O2. The summed E-state index contributed by atoms with van der Waals surface area (Å²) in [4.78, 5) is 14.3. The Balaban J connectivity index is 2.34. The predicted octanol–water partition coefficient (Wildman–Crippen LogP) is 0.849. The lowest BCUT2D eigenvalue weighted by atomic mass is 9.97. The lowest BCUT2D eigenvalue weighted by molar-refractivity contribution is -0.123. The van der Waals surface area contributed by atoms with Gasteiger partial charge in [-0.2, -0.15) is 0 Å². The van der Waals surface area contributed by atoms with Gasteiger partial charge < -0.3 is 15.4 Å². The van der Waals surface area contributed by atoms with Gasteiger partial charge in [-0.3, -0.25) is 9.69 Å². The van der Waals surface area contributed by atoms with Gasteiger partial charge in [-0.1, -0.05) is 6.92 Å². The van der Waals surface area contributed by atoms with Gasteiger partial charge in [0.1, 0.15) is 0 Å². The predicted molar refractivity (Wildman–Crippen MR) is 81.8 cm³/mol. The number of carbonyl (C=O) groups excluding carboxylic acids is 1. The van der Waals surface area contributed by atoms with Crippen molar-refractivity contribution < 1.29 is 9.53 Å². The molecule has 0 aromatic heterocycles. The van der Waals surface area contributed by atoms with Crippen molar-refractivity contribution in [1.82, 2.24) is 15.5 Å². The first kappa shape index (κ1) is 17.4. The first-order valence-corrected chi connectivity index (χ1v) is 7.87. The van der Waals surface area contributed by atoms with E-state index in [9.17, 15) is 4.79 Å². The third-order valence-corrected chi connectivity index (χ3v) is 3.71. The average Bonchev–Trinajstić information content (AvgIpc) is 2.40. The van der Waals surface area contributed by atoms with E-state index in [0.717, 1.165) is 38.5 Å². The molecule has 1 aliphatic rings. The quantitative estimate of drug-likeness (QED) is 0.659. The number of ether oxygens (including phenoxy) is 1. The number of hydrogen-bond acceptors (Lipinski definition) is 4. The van der Waals surface area contributed by atoms with Gasteiger partial charge in [0, 0.05) is 19.7 Å². The van der Waals surface area contributed by atoms with Crippen LogP contribution in [0.3, 0.4) is 0 Å². The molecule has 1 heterocycles. The smallest absolute Gasteiger partial charge is 0.234 e. The number of amides is 1. The van der Waals surface area contributed by atoms with Crippen molar-refractivity contribution in [2.45, 2.75) is 39.2 Å². The van der Waals surface area contributed by atoms with Gasteiger partial charge in [0.05, 0.1) is 13.2 Å². The summed E-state index contributed by atoms with van der Waals surface area (Å²) in [5.74, 6) is 0.837. The zero-order valence-electron chi connectivity index (χ0n) is 13.3. The maximum Gasteiger partial charge on any atom is 0.234 e. The molecule has 1 aliphatic heterocycles. The number of methoxy groups -OCH3 is 1. The molecule has 0 bridgehead atoms. The summed E-state index contributed by atoms with van der Waals surface area (Å²) in [6.07, 6.45) is 3.54. The topological polar surface area (TPSA) is 53.6 Å². The van der Waals surface area contributed by atoms with E-state index in [4.69, 9.17) is 4.74 Å². The largest absolute Gasteiger partial charge is 0.383 e. The van der Waals surface area contributed by atoms with E-state index in [0.29, 0.717) is 13.2 Å². The zero-order valence-corrected chi connectivity index (χ0v) is 13.3. The maximum absolute atomic E-state index is 12.0. The van der Waals surface area contributed by atoms with Crippen LogP contribution in [0.1, 0.15) is 33.1 Å². The summed E-state index contributed by atoms with van der Waals surface area (Å²) in [6.45, 7) is 9.47. The molecule has 1 atom stereocenters. The van der Waals surface area contributed by atoms with Gasteiger partial charge >= 0.3 is 0 Å². The van der Waals surface area contributed by atoms with Crippen LogP contribution in [0.5, 0.6) is 0 Å². The highest BCUT2D eigenvalue weighted by molar-refractivity contribution is 5.78. The molecule has 0 aromatic rings. The van der Waals surface area contributed by atoms with Gasteiger partial charge in [0.2, 0.25) is 5.91 Å². The first-order valence-electron chi connectivity index (χ1n) is 7.87. The third-order valence-electron chi connectivity index (χ3n) is 3.71. The highest BCUT2D eigenvalue weighted by atomic mass is 16.5. The van der Waals surface area contributed by atoms with Crippen molar-refractivity contribution >= 4 is 5.91 Å². The van der Waals surface area contributed by atoms with E-state index >= 15 is 0 Å². The van der Waals surface area contributed by atoms with Gasteiger partial charge in [-0.15, -0.1) is 0 Å². The molecule has 1 amide bonds. The molecule has 0 saturated carbocycles. The fourth-order valence-corrected chi connectivity index (χ4v) is 2.80. The molecule has 5 nitrogen and oxygen atoms in total. The van der Waals surface area contributed by atoms with E-state index in [1.807, 2.05) is 6.92 Å². The number of hydrogen-bond donors (Lipinski definition) is 2. The van der Waals surface area contributed by atoms with Gasteiger partial charge in [0.25, 0.3) is 0 Å². The summed E-state index contributed by atoms with van der Waals surface area (Å²) in [5.41, 5.74) is 0. The molecule has 0 radical (unpaired) electrons. The monoisotopic (exact) mass is 285 g/mol. The molecule has 1 unspecified atom stereocenters. The Labute approximate surface area is 123 Å². The van der Waals surface area contributed by atoms with Gasteiger partial charge in [0.15, 0.2) is 0 Å². The Morgan fingerprint density at radius 2 is 2.15 bits per heavy atom. The van der Waals surface area contributed by atoms with Gasteiger partial charge in [-0.25, -0.2) is 0 Å². The lowest BCUT2D eigenvalue weighted by Crippen LogP contribution is -2.45. The van der Waals surface area contributed by atoms with Crippen molar-refractivity contribution in [2.75, 3.05) is 46.4 Å². The maximum atomic E-state index is 12.0. The Morgan fingerprint density at radius 3 is 2.75 bits per heavy atom. The minimum atomic E-state index is 0.0786. The summed E-state index contributed by atoms with van der Waals surface area (Å²) in [6, 6.07) is 0.0786. The number of carbonyl (C=O) groups is 1. The highest BCUT2D eigenvalue weighted by Gasteiger charge is 2.19. The van der Waals surface area contributed by atoms with E-state index in [2.05, 4.69) is 22.5 Å². The van der Waals surface area contributed by atoms with Crippen molar-refractivity contribution in [3.05, 3.63) is 0 Å². The summed E-state index contributed by atoms with van der Waals surface area (Å²) in [7, 11) is 1.66. The van der Waals surface area contributed by atoms with Crippen molar-refractivity contribution in [3.8, 4) is 0 Å². The van der Waals surface area contributed by atoms with Crippen LogP contribution in [0, 0.1) is 5.92 Å². The third kappa shape index (κ3) is 7.22. The Hall–Kier alpha value is -0.650. The standard InChI is InChI=1S/C15H31N3O2/c1-4-9-18(10-14-5-7-16-8-6-14)11-15(19)17-13(2)12-20-3/h13-14,16H,4-12H2,1-3H3,(H,17,19). The average molecular weight is 285 g/mol. The molecule has 1 saturated heterocycles. The molecular weight excluding hydrogens is 254 g/mol. The Bertz CT molecular complexity index is 268. The SMILES string of the molecule is CCCN(CC(=O)NC(C)COC)CC1CCNCC1. The first-order chi connectivity index (χ1) is 9.65. The van der Waals surface area contributed by atoms with E-state index < -0.39 is 0 Å². The normalized spacial score (nSPS) is 18.2. The molecule has 1 fully saturated rings. The minimum Gasteiger partial charge on any atom is -0.383 e. The van der Waals surface area contributed by atoms with Crippen molar-refractivity contribution in [1.29, 1.82) is 0 Å². The number of nitrogens with one attached hydrogen (secondary N) is 2. The lowest BCUT2D eigenvalue weighted by Gasteiger charge is -2.29. The van der Waals surface area contributed by atoms with Gasteiger partial charge in [-0.05, 0) is 51.7 Å². The Kier molecular flexibility index (Phi) is 8.82. The van der Waals surface area contributed by atoms with Crippen LogP contribution in [0.15, 0.2) is 0 Å². The molecule has 20 heavy (non-hydrogen) atoms. The summed E-state index contributed by atoms with van der Waals surface area (Å²) >= 11 is 0. The fraction of sp³-hybridized carbons (Fsp3) is 0.933. The second-order valence-corrected chi connectivity index (χ2v) is 5.85. The molecule has 0 aromatic carbocycles. The fourth-order valence-electron chi connectivity index (χ4n) is 2.80. The summed E-state index contributed by atoms with van der Waals surface area (Å²) < 4.78 is 5.04. The van der Waals surface area contributed by atoms with E-state index in [1.54, 1.807) is 7.11 Å². The van der Waals surface area contributed by atoms with Crippen LogP contribution in [0.2, 0.25) is 0 Å². The second kappa shape index (κ2) is 10.1.